The van der Waals surface area contributed by atoms with Crippen molar-refractivity contribution in [2.45, 2.75) is 32.0 Å². The number of rotatable bonds is 6. The second-order valence-corrected chi connectivity index (χ2v) is 22.6. The summed E-state index contributed by atoms with van der Waals surface area (Å²) in [5.74, 6) is 8.35. The van der Waals surface area contributed by atoms with Crippen LogP contribution in [0, 0.1) is 11.8 Å². The van der Waals surface area contributed by atoms with E-state index in [1.165, 1.54) is 65.3 Å². The molecule has 0 saturated heterocycles. The zero-order valence-corrected chi connectivity index (χ0v) is 37.8. The lowest BCUT2D eigenvalue weighted by molar-refractivity contribution is 0.631. The van der Waals surface area contributed by atoms with Gasteiger partial charge in [-0.3, -0.25) is 4.57 Å². The number of aromatic nitrogens is 4. The van der Waals surface area contributed by atoms with Crippen LogP contribution in [-0.4, -0.2) is 27.2 Å². The summed E-state index contributed by atoms with van der Waals surface area (Å²) in [7, 11) is -2.01. The highest BCUT2D eigenvalue weighted by Gasteiger charge is 2.38. The number of imidazole rings is 2. The predicted octanol–water partition coefficient (Wildman–Crippen LogP) is 14.0. The summed E-state index contributed by atoms with van der Waals surface area (Å²) in [5.41, 5.74) is 15.0. The van der Waals surface area contributed by atoms with Crippen LogP contribution in [0.1, 0.15) is 18.9 Å². The van der Waals surface area contributed by atoms with Crippen LogP contribution in [0.15, 0.2) is 200 Å². The SMILES string of the molecule is C[Si]1(C)c2ccccc2-c2cc3c(-c4ccc(-c5nc6ccccc6n5C5=CC#CCC=C5)cc4)c4ccccc4c(-c4ccc(-c5nc6ccccc6n5C5C=CC=CC5)cc4)c3cc21. The minimum Gasteiger partial charge on any atom is -0.317 e. The molecule has 10 aromatic rings. The molecular weight excluding hydrogens is 817 g/mol. The molecule has 0 saturated carbocycles. The molecule has 1 aliphatic heterocycles. The minimum atomic E-state index is -2.01. The number of allylic oxidation sites excluding steroid dienone is 8. The maximum absolute atomic E-state index is 5.24. The first kappa shape index (κ1) is 38.4. The van der Waals surface area contributed by atoms with E-state index in [9.17, 15) is 0 Å². The molecule has 5 heteroatoms. The molecule has 0 amide bonds. The Morgan fingerprint density at radius 1 is 0.545 bits per heavy atom. The molecule has 4 nitrogen and oxygen atoms in total. The first-order chi connectivity index (χ1) is 32.5. The van der Waals surface area contributed by atoms with Crippen molar-refractivity contribution in [1.29, 1.82) is 0 Å². The molecule has 13 rings (SSSR count). The Morgan fingerprint density at radius 2 is 1.15 bits per heavy atom. The summed E-state index contributed by atoms with van der Waals surface area (Å²) in [6.45, 7) is 5.03. The van der Waals surface area contributed by atoms with Gasteiger partial charge in [0.1, 0.15) is 19.7 Å². The fourth-order valence-corrected chi connectivity index (χ4v) is 14.1. The van der Waals surface area contributed by atoms with Crippen molar-refractivity contribution in [2.75, 3.05) is 0 Å². The highest BCUT2D eigenvalue weighted by Crippen LogP contribution is 2.46. The number of nitrogens with zero attached hydrogens (tertiary/aromatic N) is 4. The molecule has 3 heterocycles. The molecule has 1 atom stereocenters. The van der Waals surface area contributed by atoms with Crippen LogP contribution in [0.25, 0.3) is 105 Å². The molecule has 2 aromatic heterocycles. The zero-order valence-electron chi connectivity index (χ0n) is 36.8. The van der Waals surface area contributed by atoms with Gasteiger partial charge < -0.3 is 4.57 Å². The third-order valence-electron chi connectivity index (χ3n) is 14.1. The third-order valence-corrected chi connectivity index (χ3v) is 17.7. The average molecular weight is 861 g/mol. The Morgan fingerprint density at radius 3 is 1.88 bits per heavy atom. The molecule has 66 heavy (non-hydrogen) atoms. The van der Waals surface area contributed by atoms with E-state index in [0.717, 1.165) is 63.4 Å². The smallest absolute Gasteiger partial charge is 0.145 e. The van der Waals surface area contributed by atoms with Gasteiger partial charge in [-0.05, 0) is 108 Å². The van der Waals surface area contributed by atoms with Crippen LogP contribution in [0.2, 0.25) is 13.1 Å². The third kappa shape index (κ3) is 5.92. The van der Waals surface area contributed by atoms with Gasteiger partial charge >= 0.3 is 0 Å². The molecule has 0 N–H and O–H groups in total. The predicted molar refractivity (Wildman–Crippen MR) is 280 cm³/mol. The summed E-state index contributed by atoms with van der Waals surface area (Å²) in [6, 6.07) is 58.7. The van der Waals surface area contributed by atoms with Gasteiger partial charge in [-0.15, -0.1) is 0 Å². The highest BCUT2D eigenvalue weighted by molar-refractivity contribution is 7.04. The second-order valence-electron chi connectivity index (χ2n) is 18.2. The van der Waals surface area contributed by atoms with E-state index in [1.54, 1.807) is 0 Å². The van der Waals surface area contributed by atoms with Crippen molar-refractivity contribution in [1.82, 2.24) is 19.1 Å². The van der Waals surface area contributed by atoms with Crippen LogP contribution < -0.4 is 10.4 Å². The van der Waals surface area contributed by atoms with Gasteiger partial charge in [-0.2, -0.15) is 0 Å². The van der Waals surface area contributed by atoms with E-state index in [0.29, 0.717) is 0 Å². The molecule has 1 unspecified atom stereocenters. The van der Waals surface area contributed by atoms with E-state index in [2.05, 4.69) is 228 Å². The lowest BCUT2D eigenvalue weighted by Crippen LogP contribution is -2.49. The van der Waals surface area contributed by atoms with Crippen molar-refractivity contribution in [3.8, 4) is 68.0 Å². The van der Waals surface area contributed by atoms with Crippen molar-refractivity contribution < 1.29 is 0 Å². The zero-order chi connectivity index (χ0) is 43.9. The highest BCUT2D eigenvalue weighted by atomic mass is 28.3. The van der Waals surface area contributed by atoms with Gasteiger partial charge in [-0.25, -0.2) is 9.97 Å². The molecule has 3 aliphatic rings. The lowest BCUT2D eigenvalue weighted by Gasteiger charge is -2.22. The van der Waals surface area contributed by atoms with Gasteiger partial charge in [0.15, 0.2) is 0 Å². The van der Waals surface area contributed by atoms with Gasteiger partial charge in [0.2, 0.25) is 0 Å². The van der Waals surface area contributed by atoms with Crippen LogP contribution in [0.4, 0.5) is 0 Å². The van der Waals surface area contributed by atoms with E-state index in [1.807, 2.05) is 6.08 Å². The molecule has 0 fully saturated rings. The molecule has 0 spiro atoms. The minimum absolute atomic E-state index is 0.206. The maximum atomic E-state index is 5.24. The quantitative estimate of drug-likeness (QED) is 0.0948. The molecule has 312 valence electrons. The Bertz CT molecular complexity index is 3840. The van der Waals surface area contributed by atoms with E-state index in [4.69, 9.17) is 9.97 Å². The number of para-hydroxylation sites is 4. The Kier molecular flexibility index (Phi) is 8.74. The standard InChI is InChI=1S/C61H44N4Si/c1-66(2)56-29-17-12-22-46(56)49-38-50-51(39-57(49)66)59(41-32-36-43(37-33-41)61-63-53-26-14-16-28-55(53)65(61)45-20-8-5-9-21-45)48-24-11-10-23-47(48)58(50)40-30-34-42(35-31-40)60-62-52-25-13-15-27-54(52)64(60)44-18-6-3-4-7-19-44/h5-6,8-20,22-39,45H,3,21H2,1-2H3. The molecule has 0 bridgehead atoms. The normalized spacial score (nSPS) is 15.8. The van der Waals surface area contributed by atoms with Crippen LogP contribution >= 0.6 is 0 Å². The molecule has 8 aromatic carbocycles. The van der Waals surface area contributed by atoms with Gasteiger partial charge in [0.05, 0.1) is 33.8 Å². The van der Waals surface area contributed by atoms with Crippen molar-refractivity contribution in [3.63, 3.8) is 0 Å². The first-order valence-corrected chi connectivity index (χ1v) is 26.0. The van der Waals surface area contributed by atoms with Crippen LogP contribution in [0.3, 0.4) is 0 Å². The number of hydrogen-bond donors (Lipinski definition) is 0. The van der Waals surface area contributed by atoms with E-state index < -0.39 is 8.07 Å². The number of hydrogen-bond acceptors (Lipinski definition) is 2. The second kappa shape index (κ2) is 15.0. The van der Waals surface area contributed by atoms with Crippen molar-refractivity contribution in [3.05, 3.63) is 200 Å². The van der Waals surface area contributed by atoms with E-state index >= 15 is 0 Å². The first-order valence-electron chi connectivity index (χ1n) is 23.0. The molecular formula is C61H44N4Si. The van der Waals surface area contributed by atoms with Gasteiger partial charge in [0, 0.05) is 23.6 Å². The maximum Gasteiger partial charge on any atom is 0.145 e. The summed E-state index contributed by atoms with van der Waals surface area (Å²) in [6.07, 6.45) is 16.8. The lowest BCUT2D eigenvalue weighted by atomic mass is 9.84. The van der Waals surface area contributed by atoms with Crippen molar-refractivity contribution in [2.24, 2.45) is 0 Å². The van der Waals surface area contributed by atoms with E-state index in [-0.39, 0.29) is 6.04 Å². The fraction of sp³-hybridized carbons (Fsp3) is 0.0820. The largest absolute Gasteiger partial charge is 0.317 e. The van der Waals surface area contributed by atoms with Crippen molar-refractivity contribution >= 4 is 67.8 Å². The Labute approximate surface area is 385 Å². The topological polar surface area (TPSA) is 35.6 Å². The molecule has 0 radical (unpaired) electrons. The average Bonchev–Trinajstić information content (AvgIpc) is 3.92. The number of benzene rings is 8. The van der Waals surface area contributed by atoms with Crippen LogP contribution in [0.5, 0.6) is 0 Å². The summed E-state index contributed by atoms with van der Waals surface area (Å²) < 4.78 is 4.66. The summed E-state index contributed by atoms with van der Waals surface area (Å²) in [4.78, 5) is 10.5. The van der Waals surface area contributed by atoms with Gasteiger partial charge in [0.25, 0.3) is 0 Å². The van der Waals surface area contributed by atoms with Gasteiger partial charge in [-0.1, -0.05) is 183 Å². The summed E-state index contributed by atoms with van der Waals surface area (Å²) >= 11 is 0. The summed E-state index contributed by atoms with van der Waals surface area (Å²) in [5, 5.41) is 8.04. The Hall–Kier alpha value is -8.04. The Balaban J connectivity index is 1.01. The van der Waals surface area contributed by atoms with Crippen LogP contribution in [-0.2, 0) is 0 Å². The fourth-order valence-electron chi connectivity index (χ4n) is 11.0. The molecule has 2 aliphatic carbocycles. The monoisotopic (exact) mass is 860 g/mol. The number of fused-ring (bicyclic) bond motifs is 7.